The predicted molar refractivity (Wildman–Crippen MR) is 77.2 cm³/mol. The highest BCUT2D eigenvalue weighted by atomic mass is 16.2. The smallest absolute Gasteiger partial charge is 0.256 e. The number of benzene rings is 1. The number of amides is 1. The van der Waals surface area contributed by atoms with E-state index in [0.717, 1.165) is 31.7 Å². The van der Waals surface area contributed by atoms with Crippen molar-refractivity contribution in [1.29, 1.82) is 0 Å². The fraction of sp³-hybridized carbons (Fsp3) is 0.400. The number of hydrogen-bond donors (Lipinski definition) is 1. The van der Waals surface area contributed by atoms with E-state index in [4.69, 9.17) is 0 Å². The minimum Gasteiger partial charge on any atom is -0.334 e. The zero-order valence-electron chi connectivity index (χ0n) is 11.6. The normalized spacial score (nSPS) is 24.3. The molecule has 2 fully saturated rings. The molecule has 1 amide bonds. The predicted octanol–water partition coefficient (Wildman–Crippen LogP) is 0.701. The largest absolute Gasteiger partial charge is 0.334 e. The molecule has 6 heteroatoms. The van der Waals surface area contributed by atoms with Gasteiger partial charge in [-0.1, -0.05) is 12.1 Å². The van der Waals surface area contributed by atoms with Crippen LogP contribution in [0.5, 0.6) is 0 Å². The Bertz CT molecular complexity index is 654. The lowest BCUT2D eigenvalue weighted by atomic mass is 10.0. The average Bonchev–Trinajstić information content (AvgIpc) is 3.23. The third-order valence-electron chi connectivity index (χ3n) is 4.51. The molecule has 1 aromatic carbocycles. The first-order chi connectivity index (χ1) is 10.3. The maximum Gasteiger partial charge on any atom is 0.256 e. The van der Waals surface area contributed by atoms with Crippen molar-refractivity contribution >= 4 is 5.91 Å². The molecule has 108 valence electrons. The summed E-state index contributed by atoms with van der Waals surface area (Å²) in [4.78, 5) is 18.9. The molecule has 0 unspecified atom stereocenters. The van der Waals surface area contributed by atoms with Gasteiger partial charge in [-0.2, -0.15) is 5.10 Å². The Labute approximate surface area is 122 Å². The summed E-state index contributed by atoms with van der Waals surface area (Å²) in [5.41, 5.74) is 1.48. The summed E-state index contributed by atoms with van der Waals surface area (Å²) in [6.07, 6.45) is 4.19. The van der Waals surface area contributed by atoms with Gasteiger partial charge in [0.1, 0.15) is 12.7 Å². The van der Waals surface area contributed by atoms with Gasteiger partial charge in [-0.15, -0.1) is 0 Å². The van der Waals surface area contributed by atoms with Crippen LogP contribution in [0.15, 0.2) is 36.9 Å². The number of fused-ring (bicyclic) bond motifs is 1. The van der Waals surface area contributed by atoms with Gasteiger partial charge < -0.3 is 10.2 Å². The highest BCUT2D eigenvalue weighted by Gasteiger charge is 2.40. The molecule has 2 atom stereocenters. The summed E-state index contributed by atoms with van der Waals surface area (Å²) >= 11 is 0. The Kier molecular flexibility index (Phi) is 2.96. The van der Waals surface area contributed by atoms with Gasteiger partial charge in [-0.3, -0.25) is 4.79 Å². The molecule has 3 heterocycles. The Balaban J connectivity index is 1.69. The molecule has 4 rings (SSSR count). The van der Waals surface area contributed by atoms with Gasteiger partial charge in [-0.25, -0.2) is 9.67 Å². The quantitative estimate of drug-likeness (QED) is 0.881. The van der Waals surface area contributed by atoms with Crippen molar-refractivity contribution in [1.82, 2.24) is 25.0 Å². The first-order valence-corrected chi connectivity index (χ1v) is 7.30. The molecule has 0 bridgehead atoms. The van der Waals surface area contributed by atoms with Crippen LogP contribution in [-0.2, 0) is 0 Å². The lowest BCUT2D eigenvalue weighted by Crippen LogP contribution is -2.39. The van der Waals surface area contributed by atoms with E-state index in [9.17, 15) is 4.79 Å². The Hall–Kier alpha value is -2.21. The van der Waals surface area contributed by atoms with E-state index in [1.54, 1.807) is 11.0 Å². The van der Waals surface area contributed by atoms with Crippen molar-refractivity contribution in [2.75, 3.05) is 19.6 Å². The molecule has 1 N–H and O–H groups in total. The number of nitrogens with one attached hydrogen (secondary N) is 1. The van der Waals surface area contributed by atoms with Crippen LogP contribution in [0.3, 0.4) is 0 Å². The van der Waals surface area contributed by atoms with E-state index in [1.807, 2.05) is 29.2 Å². The minimum absolute atomic E-state index is 0.0947. The Morgan fingerprint density at radius 3 is 3.05 bits per heavy atom. The number of nitrogens with zero attached hydrogens (tertiary/aromatic N) is 4. The molecule has 0 saturated carbocycles. The summed E-state index contributed by atoms with van der Waals surface area (Å²) < 4.78 is 1.65. The highest BCUT2D eigenvalue weighted by molar-refractivity contribution is 5.98. The lowest BCUT2D eigenvalue weighted by molar-refractivity contribution is 0.0737. The van der Waals surface area contributed by atoms with Crippen LogP contribution in [0.2, 0.25) is 0 Å². The van der Waals surface area contributed by atoms with Crippen LogP contribution >= 0.6 is 0 Å². The maximum atomic E-state index is 12.9. The second kappa shape index (κ2) is 4.96. The standard InChI is InChI=1S/C15H17N5O/c21-15(19-6-5-11-7-16-8-14(11)19)12-3-1-2-4-13(12)20-10-17-9-18-20/h1-4,9-11,14,16H,5-8H2/t11-,14+/m0/s1. The molecule has 6 nitrogen and oxygen atoms in total. The zero-order valence-corrected chi connectivity index (χ0v) is 11.6. The number of para-hydroxylation sites is 1. The van der Waals surface area contributed by atoms with E-state index in [2.05, 4.69) is 15.4 Å². The molecule has 21 heavy (non-hydrogen) atoms. The van der Waals surface area contributed by atoms with Gasteiger partial charge in [0, 0.05) is 25.7 Å². The summed E-state index contributed by atoms with van der Waals surface area (Å²) in [5, 5.41) is 7.53. The zero-order chi connectivity index (χ0) is 14.2. The molecule has 2 aliphatic heterocycles. The fourth-order valence-corrected chi connectivity index (χ4v) is 3.44. The maximum absolute atomic E-state index is 12.9. The summed E-state index contributed by atoms with van der Waals surface area (Å²) in [6.45, 7) is 2.78. The van der Waals surface area contributed by atoms with Gasteiger partial charge in [-0.05, 0) is 24.5 Å². The number of aromatic nitrogens is 3. The molecular formula is C15H17N5O. The van der Waals surface area contributed by atoms with E-state index in [-0.39, 0.29) is 5.91 Å². The third-order valence-corrected chi connectivity index (χ3v) is 4.51. The van der Waals surface area contributed by atoms with Gasteiger partial charge >= 0.3 is 0 Å². The second-order valence-electron chi connectivity index (χ2n) is 5.63. The molecule has 1 aromatic heterocycles. The first-order valence-electron chi connectivity index (χ1n) is 7.30. The molecule has 0 aliphatic carbocycles. The first kappa shape index (κ1) is 12.5. The summed E-state index contributed by atoms with van der Waals surface area (Å²) in [5.74, 6) is 0.699. The molecule has 0 spiro atoms. The Morgan fingerprint density at radius 2 is 2.19 bits per heavy atom. The molecule has 2 aromatic rings. The van der Waals surface area contributed by atoms with Gasteiger partial charge in [0.15, 0.2) is 0 Å². The van der Waals surface area contributed by atoms with Crippen LogP contribution in [-0.4, -0.2) is 51.2 Å². The van der Waals surface area contributed by atoms with Gasteiger partial charge in [0.05, 0.1) is 11.3 Å². The topological polar surface area (TPSA) is 63.1 Å². The van der Waals surface area contributed by atoms with Crippen LogP contribution < -0.4 is 5.32 Å². The van der Waals surface area contributed by atoms with E-state index < -0.39 is 0 Å². The molecule has 0 radical (unpaired) electrons. The number of likely N-dealkylation sites (tertiary alicyclic amines) is 1. The molecule has 2 saturated heterocycles. The molecule has 2 aliphatic rings. The SMILES string of the molecule is O=C(c1ccccc1-n1cncn1)N1CC[C@H]2CNC[C@H]21. The number of carbonyl (C=O) groups excluding carboxylic acids is 1. The summed E-state index contributed by atoms with van der Waals surface area (Å²) in [6, 6.07) is 7.92. The van der Waals surface area contributed by atoms with Crippen molar-refractivity contribution in [3.63, 3.8) is 0 Å². The summed E-state index contributed by atoms with van der Waals surface area (Å²) in [7, 11) is 0. The van der Waals surface area contributed by atoms with Crippen LogP contribution in [0, 0.1) is 5.92 Å². The second-order valence-corrected chi connectivity index (χ2v) is 5.63. The van der Waals surface area contributed by atoms with Crippen molar-refractivity contribution < 1.29 is 4.79 Å². The van der Waals surface area contributed by atoms with Gasteiger partial charge in [0.25, 0.3) is 5.91 Å². The van der Waals surface area contributed by atoms with E-state index in [0.29, 0.717) is 17.5 Å². The van der Waals surface area contributed by atoms with Crippen molar-refractivity contribution in [3.8, 4) is 5.69 Å². The average molecular weight is 283 g/mol. The minimum atomic E-state index is 0.0947. The van der Waals surface area contributed by atoms with Crippen molar-refractivity contribution in [3.05, 3.63) is 42.5 Å². The van der Waals surface area contributed by atoms with Crippen molar-refractivity contribution in [2.45, 2.75) is 12.5 Å². The number of rotatable bonds is 2. The number of hydrogen-bond acceptors (Lipinski definition) is 4. The van der Waals surface area contributed by atoms with Gasteiger partial charge in [0.2, 0.25) is 0 Å². The number of carbonyl (C=O) groups is 1. The highest BCUT2D eigenvalue weighted by Crippen LogP contribution is 2.29. The van der Waals surface area contributed by atoms with E-state index in [1.165, 1.54) is 6.33 Å². The van der Waals surface area contributed by atoms with Crippen LogP contribution in [0.1, 0.15) is 16.8 Å². The van der Waals surface area contributed by atoms with Crippen LogP contribution in [0.4, 0.5) is 0 Å². The molecular weight excluding hydrogens is 266 g/mol. The van der Waals surface area contributed by atoms with Crippen LogP contribution in [0.25, 0.3) is 5.69 Å². The van der Waals surface area contributed by atoms with E-state index >= 15 is 0 Å². The lowest BCUT2D eigenvalue weighted by Gasteiger charge is -2.24. The fourth-order valence-electron chi connectivity index (χ4n) is 3.44. The van der Waals surface area contributed by atoms with Crippen molar-refractivity contribution in [2.24, 2.45) is 5.92 Å². The monoisotopic (exact) mass is 283 g/mol. The third kappa shape index (κ3) is 2.03. The Morgan fingerprint density at radius 1 is 1.29 bits per heavy atom.